The van der Waals surface area contributed by atoms with Crippen LogP contribution in [0.1, 0.15) is 24.2 Å². The van der Waals surface area contributed by atoms with Crippen LogP contribution in [0.5, 0.6) is 11.5 Å². The minimum atomic E-state index is -1.33. The highest BCUT2D eigenvalue weighted by Gasteiger charge is 2.48. The molecule has 4 rings (SSSR count). The Kier molecular flexibility index (Phi) is 5.16. The van der Waals surface area contributed by atoms with Gasteiger partial charge in [0, 0.05) is 17.9 Å². The van der Waals surface area contributed by atoms with E-state index in [0.717, 1.165) is 16.9 Å². The molecule has 1 aliphatic rings. The summed E-state index contributed by atoms with van der Waals surface area (Å²) in [4.78, 5) is 22.5. The molecule has 1 unspecified atom stereocenters. The van der Waals surface area contributed by atoms with E-state index in [1.54, 1.807) is 25.3 Å². The number of rotatable bonds is 7. The monoisotopic (exact) mass is 437 g/mol. The minimum absolute atomic E-state index is 0.158. The summed E-state index contributed by atoms with van der Waals surface area (Å²) < 4.78 is 38.2. The largest absolute Gasteiger partial charge is 0.497 e. The van der Waals surface area contributed by atoms with Crippen LogP contribution in [0.4, 0.5) is 4.39 Å². The first-order chi connectivity index (χ1) is 13.9. The van der Waals surface area contributed by atoms with Crippen LogP contribution in [0.3, 0.4) is 0 Å². The van der Waals surface area contributed by atoms with Crippen molar-refractivity contribution in [3.05, 3.63) is 39.9 Å². The molecule has 7 nitrogen and oxygen atoms in total. The van der Waals surface area contributed by atoms with Crippen LogP contribution in [-0.2, 0) is 22.8 Å². The number of aromatic nitrogens is 3. The first-order valence-corrected chi connectivity index (χ1v) is 11.3. The molecule has 1 aliphatic carbocycles. The Labute approximate surface area is 173 Å². The number of halogens is 1. The van der Waals surface area contributed by atoms with Crippen LogP contribution < -0.4 is 15.0 Å². The molecular formula is C19H20FN3O4S2. The molecule has 154 valence electrons. The predicted molar refractivity (Wildman–Crippen MR) is 110 cm³/mol. The molecule has 0 amide bonds. The van der Waals surface area contributed by atoms with E-state index in [2.05, 4.69) is 9.97 Å². The zero-order valence-corrected chi connectivity index (χ0v) is 17.9. The molecule has 0 aliphatic heterocycles. The normalized spacial score (nSPS) is 16.0. The Morgan fingerprint density at radius 1 is 1.28 bits per heavy atom. The van der Waals surface area contributed by atoms with Crippen LogP contribution >= 0.6 is 11.3 Å². The lowest BCUT2D eigenvalue weighted by Gasteiger charge is -2.19. The summed E-state index contributed by atoms with van der Waals surface area (Å²) in [5, 5.41) is 0. The fraction of sp³-hybridized carbons (Fsp3) is 0.421. The van der Waals surface area contributed by atoms with Crippen molar-refractivity contribution in [3.8, 4) is 11.5 Å². The van der Waals surface area contributed by atoms with E-state index >= 15 is 0 Å². The van der Waals surface area contributed by atoms with Gasteiger partial charge in [0.1, 0.15) is 24.0 Å². The van der Waals surface area contributed by atoms with Gasteiger partial charge in [0.15, 0.2) is 14.7 Å². The number of thiazole rings is 1. The van der Waals surface area contributed by atoms with Crippen molar-refractivity contribution in [1.29, 1.82) is 0 Å². The minimum Gasteiger partial charge on any atom is -0.497 e. The quantitative estimate of drug-likeness (QED) is 0.565. The van der Waals surface area contributed by atoms with Crippen molar-refractivity contribution in [2.24, 2.45) is 0 Å². The summed E-state index contributed by atoms with van der Waals surface area (Å²) >= 11 is 1.12. The predicted octanol–water partition coefficient (Wildman–Crippen LogP) is 2.66. The van der Waals surface area contributed by atoms with E-state index in [1.165, 1.54) is 17.9 Å². The molecule has 1 aromatic carbocycles. The maximum atomic E-state index is 13.9. The van der Waals surface area contributed by atoms with E-state index in [-0.39, 0.29) is 17.6 Å². The molecule has 2 heterocycles. The lowest BCUT2D eigenvalue weighted by Crippen LogP contribution is -2.31. The number of hydrogen-bond acceptors (Lipinski definition) is 7. The summed E-state index contributed by atoms with van der Waals surface area (Å²) in [6.45, 7) is -0.426. The number of alkyl halides is 1. The highest BCUT2D eigenvalue weighted by atomic mass is 32.2. The Morgan fingerprint density at radius 2 is 2.03 bits per heavy atom. The highest BCUT2D eigenvalue weighted by molar-refractivity contribution is 7.86. The van der Waals surface area contributed by atoms with E-state index in [9.17, 15) is 13.4 Å². The molecule has 2 aromatic heterocycles. The van der Waals surface area contributed by atoms with Gasteiger partial charge >= 0.3 is 0 Å². The summed E-state index contributed by atoms with van der Waals surface area (Å²) in [7, 11) is 1.77. The Hall–Kier alpha value is -2.33. The van der Waals surface area contributed by atoms with Gasteiger partial charge in [0.25, 0.3) is 5.56 Å². The fourth-order valence-electron chi connectivity index (χ4n) is 3.28. The third-order valence-electron chi connectivity index (χ3n) is 5.15. The van der Waals surface area contributed by atoms with E-state index < -0.39 is 22.9 Å². The molecule has 29 heavy (non-hydrogen) atoms. The third kappa shape index (κ3) is 3.44. The van der Waals surface area contributed by atoms with Gasteiger partial charge < -0.3 is 9.47 Å². The van der Waals surface area contributed by atoms with Crippen molar-refractivity contribution in [2.75, 3.05) is 27.1 Å². The van der Waals surface area contributed by atoms with Gasteiger partial charge in [-0.05, 0) is 25.0 Å². The van der Waals surface area contributed by atoms with Gasteiger partial charge in [-0.2, -0.15) is 0 Å². The average Bonchev–Trinajstić information content (AvgIpc) is 3.40. The standard InChI is InChI=1S/C19H20FN3O4S2/c1-26-12-5-4-11(13(8-12)27-2)9-23-16(24)14-15(28-18(21-14)29(3)25)22-17(23)19(10-20)6-7-19/h4-5,8H,6-7,9-10H2,1-3H3. The van der Waals surface area contributed by atoms with Crippen LogP contribution in [0.15, 0.2) is 27.3 Å². The van der Waals surface area contributed by atoms with E-state index in [4.69, 9.17) is 9.47 Å². The van der Waals surface area contributed by atoms with Crippen LogP contribution in [0, 0.1) is 0 Å². The molecule has 0 saturated heterocycles. The summed E-state index contributed by atoms with van der Waals surface area (Å²) in [6.07, 6.45) is 2.77. The number of fused-ring (bicyclic) bond motifs is 1. The van der Waals surface area contributed by atoms with Gasteiger partial charge in [0.2, 0.25) is 0 Å². The van der Waals surface area contributed by atoms with Gasteiger partial charge in [-0.25, -0.2) is 14.4 Å². The summed E-state index contributed by atoms with van der Waals surface area (Å²) in [6, 6.07) is 5.31. The molecule has 1 saturated carbocycles. The van der Waals surface area contributed by atoms with E-state index in [0.29, 0.717) is 39.3 Å². The number of methoxy groups -OCH3 is 2. The maximum Gasteiger partial charge on any atom is 0.281 e. The number of benzene rings is 1. The van der Waals surface area contributed by atoms with Crippen LogP contribution in [0.25, 0.3) is 10.3 Å². The van der Waals surface area contributed by atoms with Crippen LogP contribution in [-0.4, -0.2) is 45.9 Å². The zero-order valence-electron chi connectivity index (χ0n) is 16.2. The molecule has 10 heteroatoms. The average molecular weight is 438 g/mol. The third-order valence-corrected chi connectivity index (χ3v) is 7.43. The molecule has 0 bridgehead atoms. The molecule has 3 aromatic rings. The van der Waals surface area contributed by atoms with E-state index in [1.807, 2.05) is 0 Å². The second kappa shape index (κ2) is 7.49. The van der Waals surface area contributed by atoms with Crippen molar-refractivity contribution < 1.29 is 18.1 Å². The van der Waals surface area contributed by atoms with Gasteiger partial charge in [-0.3, -0.25) is 13.6 Å². The first-order valence-electron chi connectivity index (χ1n) is 8.94. The molecule has 0 radical (unpaired) electrons. The second-order valence-corrected chi connectivity index (χ2v) is 9.54. The lowest BCUT2D eigenvalue weighted by molar-refractivity contribution is 0.383. The number of nitrogens with zero attached hydrogens (tertiary/aromatic N) is 3. The summed E-state index contributed by atoms with van der Waals surface area (Å²) in [5.41, 5.74) is -0.216. The Bertz CT molecular complexity index is 1170. The van der Waals surface area contributed by atoms with Gasteiger partial charge in [0.05, 0.1) is 37.0 Å². The van der Waals surface area contributed by atoms with Crippen molar-refractivity contribution in [3.63, 3.8) is 0 Å². The van der Waals surface area contributed by atoms with Crippen molar-refractivity contribution in [1.82, 2.24) is 14.5 Å². The molecular weight excluding hydrogens is 417 g/mol. The van der Waals surface area contributed by atoms with Gasteiger partial charge in [-0.1, -0.05) is 11.3 Å². The molecule has 0 spiro atoms. The lowest BCUT2D eigenvalue weighted by atomic mass is 10.1. The summed E-state index contributed by atoms with van der Waals surface area (Å²) in [5.74, 6) is 1.59. The molecule has 1 fully saturated rings. The maximum absolute atomic E-state index is 13.9. The number of hydrogen-bond donors (Lipinski definition) is 0. The molecule has 1 atom stereocenters. The smallest absolute Gasteiger partial charge is 0.281 e. The topological polar surface area (TPSA) is 83.3 Å². The van der Waals surface area contributed by atoms with Crippen molar-refractivity contribution in [2.45, 2.75) is 29.1 Å². The van der Waals surface area contributed by atoms with Gasteiger partial charge in [-0.15, -0.1) is 0 Å². The Morgan fingerprint density at radius 3 is 2.62 bits per heavy atom. The Balaban J connectivity index is 1.91. The van der Waals surface area contributed by atoms with Crippen LogP contribution in [0.2, 0.25) is 0 Å². The second-order valence-electron chi connectivity index (χ2n) is 7.01. The zero-order chi connectivity index (χ0) is 20.8. The fourth-order valence-corrected chi connectivity index (χ4v) is 4.87. The highest BCUT2D eigenvalue weighted by Crippen LogP contribution is 2.48. The SMILES string of the molecule is COc1ccc(Cn2c(C3(CF)CC3)nc3sc(S(C)=O)nc3c2=O)c(OC)c1. The molecule has 0 N–H and O–H groups in total. The number of ether oxygens (including phenoxy) is 2. The first kappa shape index (κ1) is 20.0. The van der Waals surface area contributed by atoms with Crippen molar-refractivity contribution >= 4 is 32.5 Å².